The molecular formula is C16H21ClN2O4S. The maximum Gasteiger partial charge on any atom is 0.336 e. The number of hydrogen-bond acceptors (Lipinski definition) is 5. The fourth-order valence-corrected chi connectivity index (χ4v) is 4.07. The molecule has 1 aromatic carbocycles. The zero-order chi connectivity index (χ0) is 16.5. The van der Waals surface area contributed by atoms with E-state index in [1.165, 1.54) is 24.3 Å². The normalized spacial score (nSPS) is 21.4. The van der Waals surface area contributed by atoms with E-state index in [4.69, 9.17) is 4.42 Å². The molecule has 1 fully saturated rings. The number of halogens is 1. The number of hydrogen-bond donors (Lipinski definition) is 2. The first-order valence-corrected chi connectivity index (χ1v) is 9.11. The number of sulfonamides is 1. The van der Waals surface area contributed by atoms with Crippen LogP contribution in [-0.2, 0) is 10.0 Å². The summed E-state index contributed by atoms with van der Waals surface area (Å²) in [6, 6.07) is 7.32. The van der Waals surface area contributed by atoms with E-state index in [1.807, 2.05) is 0 Å². The topological polar surface area (TPSA) is 88.4 Å². The van der Waals surface area contributed by atoms with Crippen molar-refractivity contribution in [2.75, 3.05) is 19.6 Å². The fraction of sp³-hybridized carbons (Fsp3) is 0.438. The Labute approximate surface area is 147 Å². The molecule has 1 unspecified atom stereocenters. The minimum Gasteiger partial charge on any atom is -0.423 e. The number of piperidine rings is 1. The van der Waals surface area contributed by atoms with Crippen LogP contribution >= 0.6 is 12.4 Å². The fourth-order valence-electron chi connectivity index (χ4n) is 2.84. The first-order valence-electron chi connectivity index (χ1n) is 7.62. The van der Waals surface area contributed by atoms with Crippen LogP contribution in [0.1, 0.15) is 19.8 Å². The molecule has 0 bridgehead atoms. The van der Waals surface area contributed by atoms with Crippen LogP contribution in [0.15, 0.2) is 44.4 Å². The van der Waals surface area contributed by atoms with Crippen molar-refractivity contribution in [2.45, 2.75) is 24.7 Å². The van der Waals surface area contributed by atoms with Gasteiger partial charge >= 0.3 is 5.63 Å². The van der Waals surface area contributed by atoms with E-state index in [9.17, 15) is 13.2 Å². The molecule has 2 aromatic rings. The Balaban J connectivity index is 0.00000208. The van der Waals surface area contributed by atoms with Crippen molar-refractivity contribution in [1.29, 1.82) is 0 Å². The Morgan fingerprint density at radius 3 is 2.79 bits per heavy atom. The number of nitrogens with one attached hydrogen (secondary N) is 2. The molecule has 0 amide bonds. The highest BCUT2D eigenvalue weighted by molar-refractivity contribution is 7.89. The van der Waals surface area contributed by atoms with E-state index < -0.39 is 15.6 Å². The van der Waals surface area contributed by atoms with E-state index in [2.05, 4.69) is 17.0 Å². The molecule has 8 heteroatoms. The molecule has 1 saturated heterocycles. The van der Waals surface area contributed by atoms with Crippen LogP contribution in [0.4, 0.5) is 0 Å². The molecule has 6 nitrogen and oxygen atoms in total. The maximum atomic E-state index is 12.5. The number of rotatable bonds is 4. The van der Waals surface area contributed by atoms with Gasteiger partial charge in [0.15, 0.2) is 0 Å². The average molecular weight is 373 g/mol. The molecule has 0 aliphatic carbocycles. The van der Waals surface area contributed by atoms with Crippen LogP contribution in [-0.4, -0.2) is 28.1 Å². The molecule has 0 spiro atoms. The van der Waals surface area contributed by atoms with Crippen molar-refractivity contribution in [1.82, 2.24) is 10.0 Å². The van der Waals surface area contributed by atoms with Gasteiger partial charge < -0.3 is 9.73 Å². The quantitative estimate of drug-likeness (QED) is 0.800. The molecule has 2 heterocycles. The van der Waals surface area contributed by atoms with Crippen molar-refractivity contribution >= 4 is 33.4 Å². The zero-order valence-corrected chi connectivity index (χ0v) is 15.0. The SMILES string of the molecule is CC1(CNS(=O)(=O)c2ccc3oc(=O)ccc3c2)CCCNC1.Cl. The van der Waals surface area contributed by atoms with Crippen LogP contribution in [0.25, 0.3) is 11.0 Å². The minimum atomic E-state index is -3.60. The predicted octanol–water partition coefficient (Wildman–Crippen LogP) is 1.88. The van der Waals surface area contributed by atoms with Gasteiger partial charge in [-0.1, -0.05) is 6.92 Å². The van der Waals surface area contributed by atoms with E-state index in [1.54, 1.807) is 6.07 Å². The predicted molar refractivity (Wildman–Crippen MR) is 95.1 cm³/mol. The largest absolute Gasteiger partial charge is 0.423 e. The molecule has 132 valence electrons. The van der Waals surface area contributed by atoms with E-state index in [-0.39, 0.29) is 22.7 Å². The van der Waals surface area contributed by atoms with Gasteiger partial charge in [0.25, 0.3) is 0 Å². The molecule has 1 aromatic heterocycles. The number of benzene rings is 1. The molecule has 1 aliphatic heterocycles. The zero-order valence-electron chi connectivity index (χ0n) is 13.4. The highest BCUT2D eigenvalue weighted by Gasteiger charge is 2.28. The molecule has 0 saturated carbocycles. The van der Waals surface area contributed by atoms with Crippen molar-refractivity contribution in [3.63, 3.8) is 0 Å². The van der Waals surface area contributed by atoms with Gasteiger partial charge in [-0.05, 0) is 49.1 Å². The van der Waals surface area contributed by atoms with Gasteiger partial charge in [-0.3, -0.25) is 0 Å². The highest BCUT2D eigenvalue weighted by Crippen LogP contribution is 2.25. The first-order chi connectivity index (χ1) is 10.9. The monoisotopic (exact) mass is 372 g/mol. The van der Waals surface area contributed by atoms with Crippen LogP contribution in [0.2, 0.25) is 0 Å². The van der Waals surface area contributed by atoms with Crippen molar-refractivity contribution in [2.24, 2.45) is 5.41 Å². The van der Waals surface area contributed by atoms with E-state index in [0.29, 0.717) is 17.5 Å². The third kappa shape index (κ3) is 4.16. The third-order valence-corrected chi connectivity index (χ3v) is 5.67. The lowest BCUT2D eigenvalue weighted by Gasteiger charge is -2.34. The summed E-state index contributed by atoms with van der Waals surface area (Å²) in [5, 5.41) is 3.89. The third-order valence-electron chi connectivity index (χ3n) is 4.28. The molecule has 3 rings (SSSR count). The summed E-state index contributed by atoms with van der Waals surface area (Å²) in [6.07, 6.45) is 2.04. The minimum absolute atomic E-state index is 0. The van der Waals surface area contributed by atoms with Crippen molar-refractivity contribution in [3.05, 3.63) is 40.8 Å². The van der Waals surface area contributed by atoms with Crippen LogP contribution in [0.5, 0.6) is 0 Å². The van der Waals surface area contributed by atoms with E-state index >= 15 is 0 Å². The van der Waals surface area contributed by atoms with E-state index in [0.717, 1.165) is 25.9 Å². The second-order valence-corrected chi connectivity index (χ2v) is 8.14. The Morgan fingerprint density at radius 1 is 1.29 bits per heavy atom. The van der Waals surface area contributed by atoms with Gasteiger partial charge in [0.2, 0.25) is 10.0 Å². The number of fused-ring (bicyclic) bond motifs is 1. The van der Waals surface area contributed by atoms with Gasteiger partial charge in [-0.15, -0.1) is 12.4 Å². The Hall–Kier alpha value is -1.41. The lowest BCUT2D eigenvalue weighted by molar-refractivity contribution is 0.238. The average Bonchev–Trinajstić information content (AvgIpc) is 2.53. The molecular weight excluding hydrogens is 352 g/mol. The van der Waals surface area contributed by atoms with Gasteiger partial charge in [0.05, 0.1) is 4.90 Å². The highest BCUT2D eigenvalue weighted by atomic mass is 35.5. The molecule has 1 aliphatic rings. The lowest BCUT2D eigenvalue weighted by Crippen LogP contribution is -2.45. The summed E-state index contributed by atoms with van der Waals surface area (Å²) in [4.78, 5) is 11.3. The lowest BCUT2D eigenvalue weighted by atomic mass is 9.83. The van der Waals surface area contributed by atoms with Crippen molar-refractivity contribution in [3.8, 4) is 0 Å². The first kappa shape index (κ1) is 18.9. The molecule has 2 N–H and O–H groups in total. The summed E-state index contributed by atoms with van der Waals surface area (Å²) in [7, 11) is -3.60. The van der Waals surface area contributed by atoms with Crippen LogP contribution in [0.3, 0.4) is 0 Å². The van der Waals surface area contributed by atoms with Gasteiger partial charge in [-0.2, -0.15) is 0 Å². The smallest absolute Gasteiger partial charge is 0.336 e. The Bertz CT molecular complexity index is 873. The summed E-state index contributed by atoms with van der Waals surface area (Å²) in [6.45, 7) is 4.26. The Kier molecular flexibility index (Phi) is 5.70. The molecule has 24 heavy (non-hydrogen) atoms. The standard InChI is InChI=1S/C16H20N2O4S.ClH/c1-16(7-2-8-17-10-16)11-18-23(20,21)13-4-5-14-12(9-13)3-6-15(19)22-14;/h3-6,9,17-18H,2,7-8,10-11H2,1H3;1H. The second-order valence-electron chi connectivity index (χ2n) is 6.37. The van der Waals surface area contributed by atoms with Crippen LogP contribution in [0, 0.1) is 5.41 Å². The molecule has 1 atom stereocenters. The summed E-state index contributed by atoms with van der Waals surface area (Å²) < 4.78 is 32.7. The van der Waals surface area contributed by atoms with Gasteiger partial charge in [-0.25, -0.2) is 17.9 Å². The van der Waals surface area contributed by atoms with Crippen LogP contribution < -0.4 is 15.7 Å². The summed E-state index contributed by atoms with van der Waals surface area (Å²) in [5.74, 6) is 0. The maximum absolute atomic E-state index is 12.5. The second kappa shape index (κ2) is 7.23. The van der Waals surface area contributed by atoms with Gasteiger partial charge in [0, 0.05) is 24.5 Å². The summed E-state index contributed by atoms with van der Waals surface area (Å²) in [5.41, 5.74) is -0.154. The van der Waals surface area contributed by atoms with Crippen molar-refractivity contribution < 1.29 is 12.8 Å². The van der Waals surface area contributed by atoms with Gasteiger partial charge in [0.1, 0.15) is 5.58 Å². The summed E-state index contributed by atoms with van der Waals surface area (Å²) >= 11 is 0. The molecule has 0 radical (unpaired) electrons. The Morgan fingerprint density at radius 2 is 2.08 bits per heavy atom.